The molecule has 2 unspecified atom stereocenters. The van der Waals surface area contributed by atoms with E-state index in [1.165, 1.54) is 0 Å². The van der Waals surface area contributed by atoms with Crippen molar-refractivity contribution in [2.45, 2.75) is 38.8 Å². The monoisotopic (exact) mass is 172 g/mol. The Labute approximate surface area is 73.0 Å². The van der Waals surface area contributed by atoms with Gasteiger partial charge in [0, 0.05) is 0 Å². The molecule has 1 fully saturated rings. The topological polar surface area (TPSA) is 38.7 Å². The maximum atomic E-state index is 8.96. The van der Waals surface area contributed by atoms with E-state index >= 15 is 0 Å². The molecule has 12 heavy (non-hydrogen) atoms. The van der Waals surface area contributed by atoms with Crippen LogP contribution in [0.3, 0.4) is 0 Å². The summed E-state index contributed by atoms with van der Waals surface area (Å²) < 4.78 is 10.8. The first-order chi connectivity index (χ1) is 5.49. The van der Waals surface area contributed by atoms with Gasteiger partial charge in [0.2, 0.25) is 0 Å². The fourth-order valence-electron chi connectivity index (χ4n) is 1.09. The van der Waals surface area contributed by atoms with Gasteiger partial charge in [-0.05, 0) is 20.8 Å². The highest BCUT2D eigenvalue weighted by Gasteiger charge is 2.30. The van der Waals surface area contributed by atoms with E-state index in [0.717, 1.165) is 0 Å². The van der Waals surface area contributed by atoms with Gasteiger partial charge in [-0.3, -0.25) is 0 Å². The van der Waals surface area contributed by atoms with Crippen LogP contribution >= 0.6 is 0 Å². The molecule has 1 heterocycles. The van der Waals surface area contributed by atoms with E-state index in [0.29, 0.717) is 6.61 Å². The van der Waals surface area contributed by atoms with Crippen molar-refractivity contribution in [1.29, 1.82) is 0 Å². The molecule has 3 nitrogen and oxygen atoms in total. The Balaban J connectivity index is 2.38. The molecule has 1 rings (SSSR count). The molecule has 1 N–H and O–H groups in total. The number of ether oxygens (including phenoxy) is 2. The first-order valence-corrected chi connectivity index (χ1v) is 4.18. The van der Waals surface area contributed by atoms with Gasteiger partial charge in [0.15, 0.2) is 5.79 Å². The lowest BCUT2D eigenvalue weighted by atomic mass is 10.3. The van der Waals surface area contributed by atoms with Gasteiger partial charge in [0.05, 0.1) is 12.7 Å². The van der Waals surface area contributed by atoms with Crippen LogP contribution in [0.4, 0.5) is 0 Å². The summed E-state index contributed by atoms with van der Waals surface area (Å²) in [5.74, 6) is -0.478. The van der Waals surface area contributed by atoms with E-state index in [9.17, 15) is 0 Å². The molecule has 1 aliphatic heterocycles. The van der Waals surface area contributed by atoms with Crippen molar-refractivity contribution in [3.63, 3.8) is 0 Å². The molecule has 0 aromatic carbocycles. The lowest BCUT2D eigenvalue weighted by molar-refractivity contribution is -0.133. The van der Waals surface area contributed by atoms with E-state index in [1.807, 2.05) is 19.9 Å². The number of aliphatic hydroxyl groups excluding tert-OH is 1. The van der Waals surface area contributed by atoms with E-state index in [-0.39, 0.29) is 6.10 Å². The molecule has 1 aliphatic rings. The molecule has 3 heteroatoms. The van der Waals surface area contributed by atoms with Crippen LogP contribution in [0.15, 0.2) is 12.2 Å². The molecule has 0 aliphatic carbocycles. The highest BCUT2D eigenvalue weighted by molar-refractivity contribution is 4.95. The predicted molar refractivity (Wildman–Crippen MR) is 45.7 cm³/mol. The minimum absolute atomic E-state index is 0.0189. The Morgan fingerprint density at radius 1 is 1.58 bits per heavy atom. The molecule has 70 valence electrons. The Hall–Kier alpha value is -0.380. The largest absolute Gasteiger partial charge is 0.389 e. The molecule has 0 amide bonds. The van der Waals surface area contributed by atoms with Crippen molar-refractivity contribution >= 4 is 0 Å². The smallest absolute Gasteiger partial charge is 0.163 e. The van der Waals surface area contributed by atoms with Crippen LogP contribution in [0.25, 0.3) is 0 Å². The molecule has 0 spiro atoms. The third kappa shape index (κ3) is 2.93. The van der Waals surface area contributed by atoms with E-state index in [4.69, 9.17) is 14.6 Å². The van der Waals surface area contributed by atoms with Gasteiger partial charge in [0.1, 0.15) is 6.10 Å². The van der Waals surface area contributed by atoms with E-state index in [2.05, 4.69) is 0 Å². The SMILES string of the molecule is CC(O)/C=C/C1COC(C)(C)O1. The average molecular weight is 172 g/mol. The molecular formula is C9H16O3. The van der Waals surface area contributed by atoms with Crippen molar-refractivity contribution in [2.24, 2.45) is 0 Å². The minimum atomic E-state index is -0.478. The first-order valence-electron chi connectivity index (χ1n) is 4.18. The van der Waals surface area contributed by atoms with Gasteiger partial charge in [-0.25, -0.2) is 0 Å². The summed E-state index contributed by atoms with van der Waals surface area (Å²) in [6.07, 6.45) is 3.10. The summed E-state index contributed by atoms with van der Waals surface area (Å²) in [5.41, 5.74) is 0. The Kier molecular flexibility index (Phi) is 2.88. The Morgan fingerprint density at radius 3 is 2.67 bits per heavy atom. The second-order valence-electron chi connectivity index (χ2n) is 3.49. The lowest BCUT2D eigenvalue weighted by Gasteiger charge is -2.15. The molecule has 0 aromatic rings. The molecule has 2 atom stereocenters. The summed E-state index contributed by atoms with van der Waals surface area (Å²) >= 11 is 0. The summed E-state index contributed by atoms with van der Waals surface area (Å²) in [4.78, 5) is 0. The highest BCUT2D eigenvalue weighted by Crippen LogP contribution is 2.22. The molecule has 0 bridgehead atoms. The molecule has 0 saturated carbocycles. The first kappa shape index (κ1) is 9.71. The van der Waals surface area contributed by atoms with Crippen molar-refractivity contribution in [3.8, 4) is 0 Å². The highest BCUT2D eigenvalue weighted by atomic mass is 16.7. The zero-order valence-corrected chi connectivity index (χ0v) is 7.78. The van der Waals surface area contributed by atoms with Crippen molar-refractivity contribution in [3.05, 3.63) is 12.2 Å². The third-order valence-electron chi connectivity index (χ3n) is 1.63. The van der Waals surface area contributed by atoms with Crippen LogP contribution in [-0.4, -0.2) is 29.7 Å². The predicted octanol–water partition coefficient (Wildman–Crippen LogP) is 1.07. The fourth-order valence-corrected chi connectivity index (χ4v) is 1.09. The van der Waals surface area contributed by atoms with Gasteiger partial charge < -0.3 is 14.6 Å². The molecular weight excluding hydrogens is 156 g/mol. The van der Waals surface area contributed by atoms with Gasteiger partial charge in [-0.15, -0.1) is 0 Å². The second kappa shape index (κ2) is 3.56. The molecule has 0 aromatic heterocycles. The maximum absolute atomic E-state index is 8.96. The number of rotatable bonds is 2. The zero-order valence-electron chi connectivity index (χ0n) is 7.78. The number of hydrogen-bond donors (Lipinski definition) is 1. The summed E-state index contributed by atoms with van der Waals surface area (Å²) in [6, 6.07) is 0. The Morgan fingerprint density at radius 2 is 2.25 bits per heavy atom. The van der Waals surface area contributed by atoms with Crippen LogP contribution in [0, 0.1) is 0 Å². The van der Waals surface area contributed by atoms with Crippen LogP contribution < -0.4 is 0 Å². The van der Waals surface area contributed by atoms with Crippen molar-refractivity contribution in [1.82, 2.24) is 0 Å². The third-order valence-corrected chi connectivity index (χ3v) is 1.63. The zero-order chi connectivity index (χ0) is 9.19. The minimum Gasteiger partial charge on any atom is -0.389 e. The van der Waals surface area contributed by atoms with E-state index < -0.39 is 11.9 Å². The van der Waals surface area contributed by atoms with Crippen LogP contribution in [0.1, 0.15) is 20.8 Å². The van der Waals surface area contributed by atoms with Crippen LogP contribution in [0.5, 0.6) is 0 Å². The van der Waals surface area contributed by atoms with Crippen molar-refractivity contribution < 1.29 is 14.6 Å². The van der Waals surface area contributed by atoms with Gasteiger partial charge in [-0.1, -0.05) is 12.2 Å². The second-order valence-corrected chi connectivity index (χ2v) is 3.49. The Bertz CT molecular complexity index is 173. The molecule has 1 saturated heterocycles. The fraction of sp³-hybridized carbons (Fsp3) is 0.778. The average Bonchev–Trinajstić information content (AvgIpc) is 2.26. The normalized spacial score (nSPS) is 31.2. The summed E-state index contributed by atoms with van der Waals surface area (Å²) in [6.45, 7) is 6.03. The lowest BCUT2D eigenvalue weighted by Crippen LogP contribution is -2.20. The standard InChI is InChI=1S/C9H16O3/c1-7(10)4-5-8-6-11-9(2,3)12-8/h4-5,7-8,10H,6H2,1-3H3/b5-4+. The van der Waals surface area contributed by atoms with Gasteiger partial charge in [0.25, 0.3) is 0 Å². The van der Waals surface area contributed by atoms with Gasteiger partial charge >= 0.3 is 0 Å². The summed E-state index contributed by atoms with van der Waals surface area (Å²) in [7, 11) is 0. The molecule has 0 radical (unpaired) electrons. The number of aliphatic hydroxyl groups is 1. The van der Waals surface area contributed by atoms with Gasteiger partial charge in [-0.2, -0.15) is 0 Å². The van der Waals surface area contributed by atoms with E-state index in [1.54, 1.807) is 13.0 Å². The number of hydrogen-bond acceptors (Lipinski definition) is 3. The van der Waals surface area contributed by atoms with Crippen molar-refractivity contribution in [2.75, 3.05) is 6.61 Å². The van der Waals surface area contributed by atoms with Crippen LogP contribution in [-0.2, 0) is 9.47 Å². The maximum Gasteiger partial charge on any atom is 0.163 e. The van der Waals surface area contributed by atoms with Crippen LogP contribution in [0.2, 0.25) is 0 Å². The quantitative estimate of drug-likeness (QED) is 0.633. The summed E-state index contributed by atoms with van der Waals surface area (Å²) in [5, 5.41) is 8.96.